The first kappa shape index (κ1) is 24.5. The fraction of sp³-hybridized carbons (Fsp3) is 0.259. The predicted octanol–water partition coefficient (Wildman–Crippen LogP) is 5.83. The molecular formula is C27H24F3N5O2. The Kier molecular flexibility index (Phi) is 6.18. The van der Waals surface area contributed by atoms with Gasteiger partial charge in [-0.1, -0.05) is 18.2 Å². The fourth-order valence-corrected chi connectivity index (χ4v) is 5.19. The molecule has 1 spiro atoms. The molecule has 2 aliphatic rings. The number of amides is 3. The number of carbonyl (C=O) groups is 2. The van der Waals surface area contributed by atoms with Crippen molar-refractivity contribution in [3.05, 3.63) is 84.2 Å². The van der Waals surface area contributed by atoms with Gasteiger partial charge >= 0.3 is 12.2 Å². The number of rotatable bonds is 4. The number of hydrogen-bond donors (Lipinski definition) is 1. The number of likely N-dealkylation sites (tertiary alicyclic amines) is 1. The molecule has 7 nitrogen and oxygen atoms in total. The lowest BCUT2D eigenvalue weighted by atomic mass is 9.63. The fourth-order valence-electron chi connectivity index (χ4n) is 5.19. The number of pyridine rings is 1. The van der Waals surface area contributed by atoms with E-state index < -0.39 is 23.2 Å². The number of urea groups is 1. The SMILES string of the molecule is C=Nc1cccc(N2C(=O)C3(CCN(C(=O)Nc4cccc(C(F)(F)F)c4)CC3)C2c2ccccn2)c1. The Morgan fingerprint density at radius 3 is 2.49 bits per heavy atom. The average molecular weight is 508 g/mol. The summed E-state index contributed by atoms with van der Waals surface area (Å²) in [5, 5.41) is 2.55. The second kappa shape index (κ2) is 9.34. The minimum Gasteiger partial charge on any atom is -0.324 e. The van der Waals surface area contributed by atoms with Crippen LogP contribution in [-0.2, 0) is 11.0 Å². The first-order chi connectivity index (χ1) is 17.7. The van der Waals surface area contributed by atoms with E-state index in [4.69, 9.17) is 0 Å². The number of β-lactam (4-membered cyclic amide) rings is 1. The zero-order valence-corrected chi connectivity index (χ0v) is 19.8. The summed E-state index contributed by atoms with van der Waals surface area (Å²) in [5.41, 5.74) is 0.581. The molecular weight excluding hydrogens is 483 g/mol. The number of nitrogens with one attached hydrogen (secondary N) is 1. The van der Waals surface area contributed by atoms with Gasteiger partial charge in [-0.2, -0.15) is 13.2 Å². The van der Waals surface area contributed by atoms with Crippen LogP contribution in [0.5, 0.6) is 0 Å². The number of halogens is 3. The molecule has 0 bridgehead atoms. The lowest BCUT2D eigenvalue weighted by Crippen LogP contribution is -2.67. The zero-order chi connectivity index (χ0) is 26.2. The Bertz CT molecular complexity index is 1340. The Balaban J connectivity index is 1.34. The Hall–Kier alpha value is -4.21. The van der Waals surface area contributed by atoms with E-state index in [9.17, 15) is 22.8 Å². The molecule has 1 N–H and O–H groups in total. The lowest BCUT2D eigenvalue weighted by Gasteiger charge is -2.58. The maximum atomic E-state index is 13.6. The smallest absolute Gasteiger partial charge is 0.324 e. The van der Waals surface area contributed by atoms with Crippen LogP contribution in [0.4, 0.5) is 35.0 Å². The van der Waals surface area contributed by atoms with Crippen molar-refractivity contribution in [1.82, 2.24) is 9.88 Å². The van der Waals surface area contributed by atoms with E-state index in [-0.39, 0.29) is 30.7 Å². The molecule has 1 atom stereocenters. The molecule has 2 saturated heterocycles. The van der Waals surface area contributed by atoms with E-state index in [0.29, 0.717) is 24.2 Å². The van der Waals surface area contributed by atoms with Crippen molar-refractivity contribution in [1.29, 1.82) is 0 Å². The Labute approximate surface area is 211 Å². The predicted molar refractivity (Wildman–Crippen MR) is 134 cm³/mol. The molecule has 10 heteroatoms. The number of carbonyl (C=O) groups excluding carboxylic acids is 2. The van der Waals surface area contributed by atoms with Crippen LogP contribution in [0.15, 0.2) is 77.9 Å². The van der Waals surface area contributed by atoms with E-state index in [2.05, 4.69) is 22.0 Å². The van der Waals surface area contributed by atoms with Crippen LogP contribution in [0.1, 0.15) is 30.1 Å². The third-order valence-electron chi connectivity index (χ3n) is 7.07. The largest absolute Gasteiger partial charge is 0.416 e. The van der Waals surface area contributed by atoms with Gasteiger partial charge in [-0.15, -0.1) is 0 Å². The van der Waals surface area contributed by atoms with Crippen LogP contribution >= 0.6 is 0 Å². The van der Waals surface area contributed by atoms with Crippen LogP contribution in [-0.4, -0.2) is 41.6 Å². The third-order valence-corrected chi connectivity index (χ3v) is 7.07. The normalized spacial score (nSPS) is 18.9. The number of nitrogens with zero attached hydrogens (tertiary/aromatic N) is 4. The number of piperidine rings is 1. The van der Waals surface area contributed by atoms with E-state index in [1.165, 1.54) is 17.0 Å². The van der Waals surface area contributed by atoms with Gasteiger partial charge in [-0.3, -0.25) is 14.8 Å². The summed E-state index contributed by atoms with van der Waals surface area (Å²) in [7, 11) is 0. The maximum Gasteiger partial charge on any atom is 0.416 e. The monoisotopic (exact) mass is 507 g/mol. The second-order valence-electron chi connectivity index (χ2n) is 9.16. The van der Waals surface area contributed by atoms with Crippen LogP contribution in [0.3, 0.4) is 0 Å². The van der Waals surface area contributed by atoms with Gasteiger partial charge in [0.15, 0.2) is 0 Å². The molecule has 2 aromatic carbocycles. The number of alkyl halides is 3. The number of benzene rings is 2. The molecule has 1 aromatic heterocycles. The highest BCUT2D eigenvalue weighted by Gasteiger charge is 2.62. The van der Waals surface area contributed by atoms with Gasteiger partial charge in [-0.25, -0.2) is 4.79 Å². The number of aromatic nitrogens is 1. The van der Waals surface area contributed by atoms with Crippen molar-refractivity contribution in [2.24, 2.45) is 10.4 Å². The first-order valence-corrected chi connectivity index (χ1v) is 11.8. The van der Waals surface area contributed by atoms with Gasteiger partial charge in [0.05, 0.1) is 28.4 Å². The molecule has 3 heterocycles. The molecule has 3 aromatic rings. The van der Waals surface area contributed by atoms with Gasteiger partial charge < -0.3 is 15.1 Å². The van der Waals surface area contributed by atoms with Crippen molar-refractivity contribution in [3.63, 3.8) is 0 Å². The summed E-state index contributed by atoms with van der Waals surface area (Å²) in [6, 6.07) is 16.5. The van der Waals surface area contributed by atoms with Crippen LogP contribution in [0.2, 0.25) is 0 Å². The zero-order valence-electron chi connectivity index (χ0n) is 19.8. The number of anilines is 2. The van der Waals surface area contributed by atoms with Crippen molar-refractivity contribution in [2.75, 3.05) is 23.3 Å². The molecule has 0 saturated carbocycles. The van der Waals surface area contributed by atoms with Crippen LogP contribution in [0.25, 0.3) is 0 Å². The first-order valence-electron chi connectivity index (χ1n) is 11.8. The standard InChI is InChI=1S/C27H24F3N5O2/c1-31-19-7-5-9-21(17-19)35-23(22-10-2-3-13-32-22)26(24(35)36)11-14-34(15-12-26)25(37)33-20-8-4-6-18(16-20)27(28,29)30/h2-10,13,16-17,23H,1,11-12,14-15H2,(H,33,37). The highest BCUT2D eigenvalue weighted by Crippen LogP contribution is 2.57. The molecule has 5 rings (SSSR count). The summed E-state index contributed by atoms with van der Waals surface area (Å²) < 4.78 is 39.1. The lowest BCUT2D eigenvalue weighted by molar-refractivity contribution is -0.144. The van der Waals surface area contributed by atoms with Gasteiger partial charge in [0, 0.05) is 30.7 Å². The minimum absolute atomic E-state index is 0.0534. The van der Waals surface area contributed by atoms with Crippen molar-refractivity contribution in [2.45, 2.75) is 25.1 Å². The topological polar surface area (TPSA) is 77.9 Å². The number of aliphatic imine (C=N–C) groups is 1. The highest BCUT2D eigenvalue weighted by atomic mass is 19.4. The van der Waals surface area contributed by atoms with Crippen LogP contribution < -0.4 is 10.2 Å². The molecule has 3 amide bonds. The molecule has 37 heavy (non-hydrogen) atoms. The van der Waals surface area contributed by atoms with Crippen molar-refractivity contribution >= 4 is 35.7 Å². The molecule has 0 aliphatic carbocycles. The summed E-state index contributed by atoms with van der Waals surface area (Å²) >= 11 is 0. The molecule has 2 fully saturated rings. The van der Waals surface area contributed by atoms with E-state index in [0.717, 1.165) is 17.8 Å². The van der Waals surface area contributed by atoms with Crippen LogP contribution in [0, 0.1) is 5.41 Å². The summed E-state index contributed by atoms with van der Waals surface area (Å²) in [5.74, 6) is -0.0534. The molecule has 1 unspecified atom stereocenters. The van der Waals surface area contributed by atoms with E-state index in [1.807, 2.05) is 30.3 Å². The number of hydrogen-bond acceptors (Lipinski definition) is 4. The second-order valence-corrected chi connectivity index (χ2v) is 9.16. The summed E-state index contributed by atoms with van der Waals surface area (Å²) in [6.45, 7) is 4.12. The highest BCUT2D eigenvalue weighted by molar-refractivity contribution is 6.06. The summed E-state index contributed by atoms with van der Waals surface area (Å²) in [6.07, 6.45) is -2.02. The Morgan fingerprint density at radius 2 is 1.81 bits per heavy atom. The van der Waals surface area contributed by atoms with Crippen molar-refractivity contribution in [3.8, 4) is 0 Å². The maximum absolute atomic E-state index is 13.6. The molecule has 190 valence electrons. The molecule has 0 radical (unpaired) electrons. The van der Waals surface area contributed by atoms with Gasteiger partial charge in [0.25, 0.3) is 0 Å². The van der Waals surface area contributed by atoms with Crippen molar-refractivity contribution < 1.29 is 22.8 Å². The summed E-state index contributed by atoms with van der Waals surface area (Å²) in [4.78, 5) is 38.2. The quantitative estimate of drug-likeness (QED) is 0.356. The van der Waals surface area contributed by atoms with E-state index in [1.54, 1.807) is 23.2 Å². The average Bonchev–Trinajstić information content (AvgIpc) is 2.91. The Morgan fingerprint density at radius 1 is 1.05 bits per heavy atom. The van der Waals surface area contributed by atoms with Gasteiger partial charge in [-0.05, 0) is 68.1 Å². The van der Waals surface area contributed by atoms with Gasteiger partial charge in [0.1, 0.15) is 0 Å². The van der Waals surface area contributed by atoms with Gasteiger partial charge in [0.2, 0.25) is 5.91 Å². The third kappa shape index (κ3) is 4.43. The van der Waals surface area contributed by atoms with E-state index >= 15 is 0 Å². The molecule has 2 aliphatic heterocycles. The minimum atomic E-state index is -4.50.